The van der Waals surface area contributed by atoms with Gasteiger partial charge in [0.25, 0.3) is 0 Å². The Labute approximate surface area is 210 Å². The van der Waals surface area contributed by atoms with E-state index < -0.39 is 0 Å². The Morgan fingerprint density at radius 1 is 1.00 bits per heavy atom. The van der Waals surface area contributed by atoms with Crippen LogP contribution in [-0.4, -0.2) is 12.1 Å². The highest BCUT2D eigenvalue weighted by Crippen LogP contribution is 2.28. The summed E-state index contributed by atoms with van der Waals surface area (Å²) in [6, 6.07) is 16.3. The van der Waals surface area contributed by atoms with Crippen LogP contribution in [0.2, 0.25) is 0 Å². The highest BCUT2D eigenvalue weighted by atomic mass is 15.4. The molecule has 0 atom stereocenters. The van der Waals surface area contributed by atoms with Gasteiger partial charge in [0.1, 0.15) is 0 Å². The van der Waals surface area contributed by atoms with Gasteiger partial charge >= 0.3 is 0 Å². The van der Waals surface area contributed by atoms with Crippen LogP contribution in [0.25, 0.3) is 11.4 Å². The average molecular weight is 464 g/mol. The maximum Gasteiger partial charge on any atom is 0.0825 e. The van der Waals surface area contributed by atoms with E-state index in [4.69, 9.17) is 11.6 Å². The number of rotatable bonds is 8. The molecule has 0 aliphatic carbocycles. The number of hydrogen-bond donors (Lipinski definition) is 2. The molecule has 2 aromatic carbocycles. The second kappa shape index (κ2) is 16.8. The fraction of sp³-hybridized carbons (Fsp3) is 0.419. The molecule has 34 heavy (non-hydrogen) atoms. The largest absolute Gasteiger partial charge is 0.396 e. The molecule has 2 rings (SSSR count). The van der Waals surface area contributed by atoms with E-state index in [0.717, 1.165) is 35.2 Å². The summed E-state index contributed by atoms with van der Waals surface area (Å²) < 4.78 is 0. The molecule has 4 N–H and O–H groups in total. The minimum atomic E-state index is 0.694. The van der Waals surface area contributed by atoms with Crippen LogP contribution in [0.4, 0.5) is 0 Å². The summed E-state index contributed by atoms with van der Waals surface area (Å²) in [6.07, 6.45) is 5.49. The van der Waals surface area contributed by atoms with Crippen LogP contribution in [0.1, 0.15) is 83.6 Å². The molecule has 0 aliphatic rings. The lowest BCUT2D eigenvalue weighted by atomic mass is 9.97. The van der Waals surface area contributed by atoms with E-state index in [1.54, 1.807) is 10.6 Å². The number of benzene rings is 2. The SMILES string of the molecule is C=C(C)CC/C(=C\C)C(C)C.CC.CCc1ccccc1/C(=C(/N)c1ccccc1C)N(C)N. The first-order valence-electron chi connectivity index (χ1n) is 12.6. The Morgan fingerprint density at radius 3 is 1.97 bits per heavy atom. The molecule has 0 saturated heterocycles. The molecule has 0 aliphatic heterocycles. The molecular weight excluding hydrogens is 414 g/mol. The zero-order chi connectivity index (χ0) is 26.3. The number of nitrogens with zero attached hydrogens (tertiary/aromatic N) is 1. The molecule has 3 nitrogen and oxygen atoms in total. The molecule has 0 unspecified atom stereocenters. The van der Waals surface area contributed by atoms with Gasteiger partial charge in [-0.05, 0) is 57.1 Å². The van der Waals surface area contributed by atoms with Crippen molar-refractivity contribution in [1.29, 1.82) is 0 Å². The first-order chi connectivity index (χ1) is 16.1. The molecule has 0 aromatic heterocycles. The van der Waals surface area contributed by atoms with Gasteiger partial charge in [0.05, 0.1) is 11.4 Å². The van der Waals surface area contributed by atoms with Gasteiger partial charge in [-0.1, -0.05) is 100 Å². The molecule has 3 heteroatoms. The Hall–Kier alpha value is -2.78. The first kappa shape index (κ1) is 31.2. The monoisotopic (exact) mass is 463 g/mol. The van der Waals surface area contributed by atoms with E-state index in [9.17, 15) is 0 Å². The van der Waals surface area contributed by atoms with Crippen LogP contribution in [0.15, 0.2) is 72.3 Å². The van der Waals surface area contributed by atoms with E-state index >= 15 is 0 Å². The standard InChI is InChI=1S/C18H23N3.C11H20.C2H6/c1-4-14-10-6-8-12-16(14)18(21(3)20)17(19)15-11-7-5-9-13(15)2;1-6-11(10(4)5)8-7-9(2)3;1-2/h5-12H,4,19-20H2,1-3H3;6,10H,2,7-8H2,1,3-5H3;1-2H3/b18-17-;11-6+;. The lowest BCUT2D eigenvalue weighted by molar-refractivity contribution is 0.511. The molecule has 0 spiro atoms. The normalized spacial score (nSPS) is 11.6. The third-order valence-corrected chi connectivity index (χ3v) is 5.65. The summed E-state index contributed by atoms with van der Waals surface area (Å²) in [4.78, 5) is 0. The van der Waals surface area contributed by atoms with Crippen LogP contribution in [-0.2, 0) is 6.42 Å². The van der Waals surface area contributed by atoms with Gasteiger partial charge in [0.2, 0.25) is 0 Å². The molecule has 2 aromatic rings. The molecule has 0 saturated carbocycles. The highest BCUT2D eigenvalue weighted by molar-refractivity contribution is 5.89. The lowest BCUT2D eigenvalue weighted by Gasteiger charge is -2.23. The molecule has 0 bridgehead atoms. The van der Waals surface area contributed by atoms with Crippen molar-refractivity contribution in [3.63, 3.8) is 0 Å². The first-order valence-corrected chi connectivity index (χ1v) is 12.6. The number of nitrogens with two attached hydrogens (primary N) is 2. The predicted octanol–water partition coefficient (Wildman–Crippen LogP) is 8.12. The van der Waals surface area contributed by atoms with Crippen LogP contribution >= 0.6 is 0 Å². The van der Waals surface area contributed by atoms with Gasteiger partial charge in [-0.2, -0.15) is 0 Å². The van der Waals surface area contributed by atoms with E-state index in [2.05, 4.69) is 72.4 Å². The summed E-state index contributed by atoms with van der Waals surface area (Å²) >= 11 is 0. The quantitative estimate of drug-likeness (QED) is 0.180. The summed E-state index contributed by atoms with van der Waals surface area (Å²) in [6.45, 7) is 20.8. The summed E-state index contributed by atoms with van der Waals surface area (Å²) in [7, 11) is 1.83. The highest BCUT2D eigenvalue weighted by Gasteiger charge is 2.15. The third-order valence-electron chi connectivity index (χ3n) is 5.65. The molecule has 0 amide bonds. The summed E-state index contributed by atoms with van der Waals surface area (Å²) in [5.41, 5.74) is 15.3. The van der Waals surface area contributed by atoms with Gasteiger partial charge in [0, 0.05) is 18.2 Å². The molecular formula is C31H49N3. The Kier molecular flexibility index (Phi) is 15.4. The Morgan fingerprint density at radius 2 is 1.53 bits per heavy atom. The average Bonchev–Trinajstić information content (AvgIpc) is 2.81. The number of allylic oxidation sites excluding steroid dienone is 3. The van der Waals surface area contributed by atoms with Crippen molar-refractivity contribution in [2.75, 3.05) is 7.05 Å². The number of hydrogen-bond acceptors (Lipinski definition) is 3. The second-order valence-corrected chi connectivity index (χ2v) is 8.67. The van der Waals surface area contributed by atoms with Crippen molar-refractivity contribution in [3.8, 4) is 0 Å². The number of hydrazine groups is 1. The Balaban J connectivity index is 0.000000712. The Bertz CT molecular complexity index is 933. The van der Waals surface area contributed by atoms with E-state index in [1.165, 1.54) is 17.6 Å². The fourth-order valence-electron chi connectivity index (χ4n) is 3.71. The lowest BCUT2D eigenvalue weighted by Crippen LogP contribution is -2.27. The molecule has 0 radical (unpaired) electrons. The van der Waals surface area contributed by atoms with Crippen molar-refractivity contribution < 1.29 is 0 Å². The van der Waals surface area contributed by atoms with Crippen molar-refractivity contribution in [1.82, 2.24) is 5.01 Å². The topological polar surface area (TPSA) is 55.3 Å². The van der Waals surface area contributed by atoms with Crippen molar-refractivity contribution >= 4 is 11.4 Å². The minimum absolute atomic E-state index is 0.694. The van der Waals surface area contributed by atoms with Gasteiger partial charge in [-0.15, -0.1) is 6.58 Å². The van der Waals surface area contributed by atoms with Crippen molar-refractivity contribution in [2.24, 2.45) is 17.5 Å². The fourth-order valence-corrected chi connectivity index (χ4v) is 3.71. The van der Waals surface area contributed by atoms with Gasteiger partial charge < -0.3 is 10.7 Å². The van der Waals surface area contributed by atoms with Crippen LogP contribution in [0.3, 0.4) is 0 Å². The maximum atomic E-state index is 6.45. The van der Waals surface area contributed by atoms with Crippen LogP contribution in [0, 0.1) is 12.8 Å². The summed E-state index contributed by atoms with van der Waals surface area (Å²) in [5, 5.41) is 1.61. The van der Waals surface area contributed by atoms with E-state index in [-0.39, 0.29) is 0 Å². The van der Waals surface area contributed by atoms with Gasteiger partial charge in [0.15, 0.2) is 0 Å². The number of aryl methyl sites for hydroxylation is 2. The van der Waals surface area contributed by atoms with Crippen LogP contribution in [0.5, 0.6) is 0 Å². The third kappa shape index (κ3) is 10.0. The van der Waals surface area contributed by atoms with Gasteiger partial charge in [-0.3, -0.25) is 0 Å². The zero-order valence-corrected chi connectivity index (χ0v) is 23.2. The maximum absolute atomic E-state index is 6.45. The minimum Gasteiger partial charge on any atom is -0.396 e. The smallest absolute Gasteiger partial charge is 0.0825 e. The predicted molar refractivity (Wildman–Crippen MR) is 154 cm³/mol. The van der Waals surface area contributed by atoms with Crippen molar-refractivity contribution in [2.45, 2.75) is 74.7 Å². The van der Waals surface area contributed by atoms with Crippen molar-refractivity contribution in [3.05, 3.63) is 94.6 Å². The molecule has 0 heterocycles. The van der Waals surface area contributed by atoms with E-state index in [1.807, 2.05) is 51.2 Å². The van der Waals surface area contributed by atoms with Crippen LogP contribution < -0.4 is 11.6 Å². The zero-order valence-electron chi connectivity index (χ0n) is 23.2. The van der Waals surface area contributed by atoms with E-state index in [0.29, 0.717) is 11.6 Å². The van der Waals surface area contributed by atoms with Gasteiger partial charge in [-0.25, -0.2) is 5.84 Å². The molecule has 188 valence electrons. The molecule has 0 fully saturated rings. The second-order valence-electron chi connectivity index (χ2n) is 8.67. The summed E-state index contributed by atoms with van der Waals surface area (Å²) in [5.74, 6) is 6.77.